The van der Waals surface area contributed by atoms with E-state index in [1.807, 2.05) is 11.4 Å². The summed E-state index contributed by atoms with van der Waals surface area (Å²) in [6, 6.07) is 4.10. The molecule has 3 heterocycles. The van der Waals surface area contributed by atoms with E-state index < -0.39 is 0 Å². The largest absolute Gasteiger partial charge is 0.383 e. The molecule has 3 aromatic rings. The van der Waals surface area contributed by atoms with Gasteiger partial charge in [-0.3, -0.25) is 4.90 Å². The number of hydrogen-bond donors (Lipinski definition) is 1. The summed E-state index contributed by atoms with van der Waals surface area (Å²) in [6.07, 6.45) is 0. The number of anilines is 1. The molecule has 0 atom stereocenters. The average molecular weight is 369 g/mol. The van der Waals surface area contributed by atoms with E-state index in [-0.39, 0.29) is 0 Å². The molecule has 0 aliphatic rings. The molecule has 3 rings (SSSR count). The quantitative estimate of drug-likeness (QED) is 0.762. The van der Waals surface area contributed by atoms with Gasteiger partial charge in [0.2, 0.25) is 0 Å². The Kier molecular flexibility index (Phi) is 4.02. The number of hydrogen-bond acceptors (Lipinski definition) is 6. The lowest BCUT2D eigenvalue weighted by molar-refractivity contribution is 0.314. The van der Waals surface area contributed by atoms with Gasteiger partial charge in [0.05, 0.1) is 11.9 Å². The summed E-state index contributed by atoms with van der Waals surface area (Å²) in [6.45, 7) is 1.57. The van der Waals surface area contributed by atoms with Crippen LogP contribution >= 0.6 is 38.6 Å². The molecule has 4 nitrogen and oxygen atoms in total. The molecule has 0 aromatic carbocycles. The third-order valence-corrected chi connectivity index (χ3v) is 5.35. The molecule has 0 saturated carbocycles. The van der Waals surface area contributed by atoms with E-state index in [1.165, 1.54) is 4.88 Å². The van der Waals surface area contributed by atoms with Crippen LogP contribution in [0.2, 0.25) is 0 Å². The lowest BCUT2D eigenvalue weighted by atomic mass is 10.3. The summed E-state index contributed by atoms with van der Waals surface area (Å²) < 4.78 is 1.13. The zero-order chi connectivity index (χ0) is 14.1. The van der Waals surface area contributed by atoms with Crippen molar-refractivity contribution in [2.75, 3.05) is 12.8 Å². The Hall–Kier alpha value is -1.02. The summed E-state index contributed by atoms with van der Waals surface area (Å²) in [5, 5.41) is 5.03. The maximum atomic E-state index is 5.97. The molecule has 0 aliphatic carbocycles. The summed E-state index contributed by atoms with van der Waals surface area (Å²) in [5.41, 5.74) is 5.97. The van der Waals surface area contributed by atoms with Crippen LogP contribution < -0.4 is 5.73 Å². The Balaban J connectivity index is 1.75. The van der Waals surface area contributed by atoms with Gasteiger partial charge in [-0.1, -0.05) is 0 Å². The van der Waals surface area contributed by atoms with E-state index >= 15 is 0 Å². The smallest absolute Gasteiger partial charge is 0.146 e. The van der Waals surface area contributed by atoms with Gasteiger partial charge in [-0.05, 0) is 40.5 Å². The number of nitrogens with zero attached hydrogens (tertiary/aromatic N) is 3. The molecular weight excluding hydrogens is 356 g/mol. The van der Waals surface area contributed by atoms with Gasteiger partial charge in [-0.25, -0.2) is 9.97 Å². The fraction of sp³-hybridized carbons (Fsp3) is 0.231. The van der Waals surface area contributed by atoms with Crippen LogP contribution in [0.25, 0.3) is 10.2 Å². The van der Waals surface area contributed by atoms with Gasteiger partial charge < -0.3 is 5.73 Å². The van der Waals surface area contributed by atoms with Gasteiger partial charge in [0.25, 0.3) is 0 Å². The van der Waals surface area contributed by atoms with Crippen molar-refractivity contribution in [1.82, 2.24) is 14.9 Å². The molecule has 7 heteroatoms. The highest BCUT2D eigenvalue weighted by molar-refractivity contribution is 9.10. The van der Waals surface area contributed by atoms with Crippen molar-refractivity contribution in [2.24, 2.45) is 0 Å². The maximum absolute atomic E-state index is 5.97. The van der Waals surface area contributed by atoms with Gasteiger partial charge in [0, 0.05) is 21.3 Å². The van der Waals surface area contributed by atoms with Crippen LogP contribution in [-0.2, 0) is 13.1 Å². The number of fused-ring (bicyclic) bond motifs is 1. The van der Waals surface area contributed by atoms with Crippen LogP contribution in [-0.4, -0.2) is 21.9 Å². The normalized spacial score (nSPS) is 11.6. The molecule has 0 radical (unpaired) electrons. The molecule has 0 fully saturated rings. The fourth-order valence-corrected chi connectivity index (χ4v) is 4.32. The first-order valence-corrected chi connectivity index (χ1v) is 8.58. The van der Waals surface area contributed by atoms with E-state index in [9.17, 15) is 0 Å². The predicted molar refractivity (Wildman–Crippen MR) is 89.0 cm³/mol. The van der Waals surface area contributed by atoms with Crippen molar-refractivity contribution in [1.29, 1.82) is 0 Å². The third-order valence-electron chi connectivity index (χ3n) is 2.86. The van der Waals surface area contributed by atoms with Gasteiger partial charge in [0.15, 0.2) is 0 Å². The molecule has 3 aromatic heterocycles. The van der Waals surface area contributed by atoms with Gasteiger partial charge in [0.1, 0.15) is 16.5 Å². The zero-order valence-corrected chi connectivity index (χ0v) is 14.1. The highest BCUT2D eigenvalue weighted by Gasteiger charge is 2.09. The van der Waals surface area contributed by atoms with Crippen molar-refractivity contribution in [2.45, 2.75) is 13.1 Å². The minimum atomic E-state index is 0.568. The molecule has 2 N–H and O–H groups in total. The van der Waals surface area contributed by atoms with Gasteiger partial charge in [-0.15, -0.1) is 22.7 Å². The Morgan fingerprint density at radius 2 is 2.15 bits per heavy atom. The number of aromatic nitrogens is 2. The van der Waals surface area contributed by atoms with Crippen LogP contribution in [0.4, 0.5) is 5.82 Å². The van der Waals surface area contributed by atoms with E-state index in [1.54, 1.807) is 22.7 Å². The number of thiophene rings is 2. The molecule has 0 bridgehead atoms. The van der Waals surface area contributed by atoms with Crippen molar-refractivity contribution >= 4 is 54.6 Å². The second-order valence-corrected chi connectivity index (χ2v) is 7.37. The minimum Gasteiger partial charge on any atom is -0.383 e. The molecule has 0 aliphatic heterocycles. The summed E-state index contributed by atoms with van der Waals surface area (Å²) in [7, 11) is 2.06. The molecule has 0 amide bonds. The summed E-state index contributed by atoms with van der Waals surface area (Å²) in [5.74, 6) is 1.34. The Bertz CT molecular complexity index is 737. The average Bonchev–Trinajstić information content (AvgIpc) is 2.98. The SMILES string of the molecule is CN(Cc1nc(N)c2ccsc2n1)Cc1cc(Br)cs1. The summed E-state index contributed by atoms with van der Waals surface area (Å²) >= 11 is 6.81. The third kappa shape index (κ3) is 3.01. The van der Waals surface area contributed by atoms with Gasteiger partial charge in [-0.2, -0.15) is 0 Å². The van der Waals surface area contributed by atoms with E-state index in [4.69, 9.17) is 5.73 Å². The van der Waals surface area contributed by atoms with Crippen LogP contribution in [0.5, 0.6) is 0 Å². The number of rotatable bonds is 4. The molecule has 0 spiro atoms. The van der Waals surface area contributed by atoms with E-state index in [0.29, 0.717) is 12.4 Å². The molecule has 20 heavy (non-hydrogen) atoms. The number of halogens is 1. The van der Waals surface area contributed by atoms with Crippen molar-refractivity contribution in [3.63, 3.8) is 0 Å². The van der Waals surface area contributed by atoms with Crippen LogP contribution in [0.1, 0.15) is 10.7 Å². The van der Waals surface area contributed by atoms with Crippen LogP contribution in [0.3, 0.4) is 0 Å². The topological polar surface area (TPSA) is 55.0 Å². The second kappa shape index (κ2) is 5.77. The standard InChI is InChI=1S/C13H13BrN4S2/c1-18(5-9-4-8(14)7-20-9)6-11-16-12(15)10-2-3-19-13(10)17-11/h2-4,7H,5-6H2,1H3,(H2,15,16,17). The van der Waals surface area contributed by atoms with Crippen LogP contribution in [0.15, 0.2) is 27.4 Å². The highest BCUT2D eigenvalue weighted by atomic mass is 79.9. The highest BCUT2D eigenvalue weighted by Crippen LogP contribution is 2.24. The van der Waals surface area contributed by atoms with Crippen molar-refractivity contribution in [3.05, 3.63) is 38.1 Å². The Morgan fingerprint density at radius 3 is 2.90 bits per heavy atom. The Labute approximate surface area is 133 Å². The summed E-state index contributed by atoms with van der Waals surface area (Å²) in [4.78, 5) is 13.4. The lowest BCUT2D eigenvalue weighted by Crippen LogP contribution is -2.18. The van der Waals surface area contributed by atoms with E-state index in [0.717, 1.165) is 27.1 Å². The van der Waals surface area contributed by atoms with Crippen LogP contribution in [0, 0.1) is 0 Å². The van der Waals surface area contributed by atoms with Gasteiger partial charge >= 0.3 is 0 Å². The monoisotopic (exact) mass is 368 g/mol. The van der Waals surface area contributed by atoms with Crippen molar-refractivity contribution < 1.29 is 0 Å². The molecular formula is C13H13BrN4S2. The molecule has 0 saturated heterocycles. The molecule has 104 valence electrons. The zero-order valence-electron chi connectivity index (χ0n) is 10.8. The first-order chi connectivity index (χ1) is 9.61. The minimum absolute atomic E-state index is 0.568. The first-order valence-electron chi connectivity index (χ1n) is 6.03. The van der Waals surface area contributed by atoms with Crippen molar-refractivity contribution in [3.8, 4) is 0 Å². The maximum Gasteiger partial charge on any atom is 0.146 e. The van der Waals surface area contributed by atoms with E-state index in [2.05, 4.69) is 49.3 Å². The number of nitrogen functional groups attached to an aromatic ring is 1. The fourth-order valence-electron chi connectivity index (χ4n) is 2.00. The number of nitrogens with two attached hydrogens (primary N) is 1. The second-order valence-electron chi connectivity index (χ2n) is 4.57. The Morgan fingerprint density at radius 1 is 1.30 bits per heavy atom. The molecule has 0 unspecified atom stereocenters. The lowest BCUT2D eigenvalue weighted by Gasteiger charge is -2.14. The predicted octanol–water partition coefficient (Wildman–Crippen LogP) is 3.73. The first kappa shape index (κ1) is 13.9.